The van der Waals surface area contributed by atoms with Crippen LogP contribution in [-0.4, -0.2) is 39.7 Å². The molecule has 0 amide bonds. The lowest BCUT2D eigenvalue weighted by molar-refractivity contribution is 0.174. The lowest BCUT2D eigenvalue weighted by atomic mass is 10.1. The Kier molecular flexibility index (Phi) is 5.56. The second-order valence-electron chi connectivity index (χ2n) is 8.48. The fourth-order valence-electron chi connectivity index (χ4n) is 4.28. The number of aryl methyl sites for hydroxylation is 1. The van der Waals surface area contributed by atoms with Gasteiger partial charge in [0.1, 0.15) is 17.0 Å². The van der Waals surface area contributed by atoms with Crippen molar-refractivity contribution in [3.05, 3.63) is 76.7 Å². The van der Waals surface area contributed by atoms with Gasteiger partial charge in [-0.3, -0.25) is 4.79 Å². The van der Waals surface area contributed by atoms with E-state index in [2.05, 4.69) is 10.1 Å². The molecule has 37 heavy (non-hydrogen) atoms. The number of rotatable bonds is 7. The van der Waals surface area contributed by atoms with Crippen molar-refractivity contribution in [2.45, 2.75) is 20.4 Å². The minimum Gasteiger partial charge on any atom is -0.493 e. The van der Waals surface area contributed by atoms with E-state index in [1.165, 1.54) is 0 Å². The van der Waals surface area contributed by atoms with Crippen LogP contribution < -0.4 is 24.5 Å². The average molecular weight is 501 g/mol. The van der Waals surface area contributed by atoms with Gasteiger partial charge in [0, 0.05) is 23.5 Å². The minimum absolute atomic E-state index is 0.186. The number of methoxy groups -OCH3 is 1. The van der Waals surface area contributed by atoms with Gasteiger partial charge in [0.05, 0.1) is 26.0 Å². The van der Waals surface area contributed by atoms with Crippen molar-refractivity contribution < 1.29 is 23.4 Å². The van der Waals surface area contributed by atoms with Gasteiger partial charge in [-0.25, -0.2) is 9.50 Å². The largest absolute Gasteiger partial charge is 0.493 e. The highest BCUT2D eigenvalue weighted by molar-refractivity contribution is 5.68. The van der Waals surface area contributed by atoms with Crippen molar-refractivity contribution in [2.75, 3.05) is 20.5 Å². The molecule has 2 aromatic carbocycles. The maximum absolute atomic E-state index is 13.3. The average Bonchev–Trinajstić information content (AvgIpc) is 3.64. The molecule has 10 nitrogen and oxygen atoms in total. The summed E-state index contributed by atoms with van der Waals surface area (Å²) in [5.74, 6) is 3.67. The second-order valence-corrected chi connectivity index (χ2v) is 8.48. The summed E-state index contributed by atoms with van der Waals surface area (Å²) >= 11 is 0. The lowest BCUT2D eigenvalue weighted by Crippen LogP contribution is -2.22. The van der Waals surface area contributed by atoms with Crippen molar-refractivity contribution in [1.82, 2.24) is 19.2 Å². The summed E-state index contributed by atoms with van der Waals surface area (Å²) in [6.07, 6.45) is 3.44. The first-order valence-corrected chi connectivity index (χ1v) is 11.8. The third-order valence-corrected chi connectivity index (χ3v) is 6.20. The van der Waals surface area contributed by atoms with Gasteiger partial charge in [-0.15, -0.1) is 0 Å². The summed E-state index contributed by atoms with van der Waals surface area (Å²) in [5.41, 5.74) is 3.17. The molecule has 1 aliphatic heterocycles. The Hall–Kier alpha value is -4.73. The van der Waals surface area contributed by atoms with E-state index in [-0.39, 0.29) is 18.9 Å². The van der Waals surface area contributed by atoms with Crippen LogP contribution in [0.1, 0.15) is 18.4 Å². The number of hydrogen-bond donors (Lipinski definition) is 0. The molecular formula is C27H24N4O6. The monoisotopic (exact) mass is 500 g/mol. The zero-order valence-corrected chi connectivity index (χ0v) is 20.6. The Bertz CT molecular complexity index is 1680. The van der Waals surface area contributed by atoms with E-state index in [9.17, 15) is 4.79 Å². The van der Waals surface area contributed by atoms with Crippen LogP contribution in [0.2, 0.25) is 0 Å². The zero-order valence-electron chi connectivity index (χ0n) is 20.6. The van der Waals surface area contributed by atoms with E-state index in [4.69, 9.17) is 23.4 Å². The number of benzene rings is 2. The summed E-state index contributed by atoms with van der Waals surface area (Å²) < 4.78 is 31.0. The van der Waals surface area contributed by atoms with Crippen LogP contribution in [0.5, 0.6) is 23.0 Å². The van der Waals surface area contributed by atoms with Crippen molar-refractivity contribution in [2.24, 2.45) is 0 Å². The van der Waals surface area contributed by atoms with Gasteiger partial charge < -0.3 is 27.9 Å². The molecular weight excluding hydrogens is 476 g/mol. The Balaban J connectivity index is 1.30. The maximum Gasteiger partial charge on any atom is 0.276 e. The van der Waals surface area contributed by atoms with Crippen molar-refractivity contribution >= 4 is 5.52 Å². The summed E-state index contributed by atoms with van der Waals surface area (Å²) in [6, 6.07) is 12.9. The summed E-state index contributed by atoms with van der Waals surface area (Å²) in [5, 5.41) is 4.57. The summed E-state index contributed by atoms with van der Waals surface area (Å²) in [4.78, 5) is 18.0. The molecule has 4 heterocycles. The second kappa shape index (κ2) is 9.05. The Morgan fingerprint density at radius 3 is 2.68 bits per heavy atom. The number of hydrogen-bond acceptors (Lipinski definition) is 8. The van der Waals surface area contributed by atoms with Crippen molar-refractivity contribution in [3.8, 4) is 45.7 Å². The highest BCUT2D eigenvalue weighted by Gasteiger charge is 2.18. The first-order valence-electron chi connectivity index (χ1n) is 11.8. The zero-order chi connectivity index (χ0) is 25.5. The molecule has 0 unspecified atom stereocenters. The fourth-order valence-corrected chi connectivity index (χ4v) is 4.28. The topological polar surface area (TPSA) is 102 Å². The SMILES string of the molecule is CCOc1ccc(-c2nc(Cn3ccn4nc(-c5ccc6c(c5)OCO6)cc4c3=O)c(C)o2)cc1OC. The van der Waals surface area contributed by atoms with Crippen LogP contribution in [0.3, 0.4) is 0 Å². The van der Waals surface area contributed by atoms with Gasteiger partial charge >= 0.3 is 0 Å². The normalized spacial score (nSPS) is 12.3. The molecule has 0 fully saturated rings. The van der Waals surface area contributed by atoms with Gasteiger partial charge in [-0.2, -0.15) is 5.10 Å². The minimum atomic E-state index is -0.186. The lowest BCUT2D eigenvalue weighted by Gasteiger charge is -2.09. The first kappa shape index (κ1) is 22.7. The predicted octanol–water partition coefficient (Wildman–Crippen LogP) is 4.31. The van der Waals surface area contributed by atoms with E-state index in [0.717, 1.165) is 11.1 Å². The molecule has 5 aromatic rings. The molecule has 0 atom stereocenters. The molecule has 1 aliphatic rings. The molecule has 0 saturated heterocycles. The molecule has 10 heteroatoms. The van der Waals surface area contributed by atoms with E-state index in [1.54, 1.807) is 34.7 Å². The van der Waals surface area contributed by atoms with Crippen LogP contribution in [0.4, 0.5) is 0 Å². The third kappa shape index (κ3) is 4.06. The molecule has 0 saturated carbocycles. The van der Waals surface area contributed by atoms with Crippen molar-refractivity contribution in [1.29, 1.82) is 0 Å². The Morgan fingerprint density at radius 2 is 1.84 bits per heavy atom. The maximum atomic E-state index is 13.3. The highest BCUT2D eigenvalue weighted by atomic mass is 16.7. The predicted molar refractivity (Wildman–Crippen MR) is 135 cm³/mol. The Morgan fingerprint density at radius 1 is 1.00 bits per heavy atom. The van der Waals surface area contributed by atoms with E-state index in [0.29, 0.717) is 58.2 Å². The van der Waals surface area contributed by atoms with Gasteiger partial charge in [-0.1, -0.05) is 0 Å². The summed E-state index contributed by atoms with van der Waals surface area (Å²) in [7, 11) is 1.59. The van der Waals surface area contributed by atoms with Gasteiger partial charge in [0.25, 0.3) is 5.56 Å². The smallest absolute Gasteiger partial charge is 0.276 e. The molecule has 0 spiro atoms. The van der Waals surface area contributed by atoms with E-state index >= 15 is 0 Å². The number of oxazole rings is 1. The molecule has 3 aromatic heterocycles. The van der Waals surface area contributed by atoms with Gasteiger partial charge in [0.15, 0.2) is 23.0 Å². The van der Waals surface area contributed by atoms with Crippen LogP contribution in [-0.2, 0) is 6.54 Å². The molecule has 0 radical (unpaired) electrons. The first-order chi connectivity index (χ1) is 18.0. The Labute approximate surface area is 211 Å². The fraction of sp³-hybridized carbons (Fsp3) is 0.222. The number of nitrogens with zero attached hydrogens (tertiary/aromatic N) is 4. The van der Waals surface area contributed by atoms with Crippen LogP contribution >= 0.6 is 0 Å². The van der Waals surface area contributed by atoms with Gasteiger partial charge in [0.2, 0.25) is 12.7 Å². The summed E-state index contributed by atoms with van der Waals surface area (Å²) in [6.45, 7) is 4.73. The van der Waals surface area contributed by atoms with E-state index in [1.807, 2.05) is 50.2 Å². The highest BCUT2D eigenvalue weighted by Crippen LogP contribution is 2.36. The quantitative estimate of drug-likeness (QED) is 0.326. The number of aromatic nitrogens is 4. The van der Waals surface area contributed by atoms with Crippen LogP contribution in [0, 0.1) is 6.92 Å². The van der Waals surface area contributed by atoms with Gasteiger partial charge in [-0.05, 0) is 56.3 Å². The number of fused-ring (bicyclic) bond motifs is 2. The van der Waals surface area contributed by atoms with Crippen LogP contribution in [0.15, 0.2) is 64.1 Å². The molecule has 0 bridgehead atoms. The molecule has 6 rings (SSSR count). The number of ether oxygens (including phenoxy) is 4. The standard InChI is InChI=1S/C27H24N4O6/c1-4-34-22-8-6-18(12-24(22)33-3)26-28-20(16(2)37-26)14-30-9-10-31-21(27(30)32)13-19(29-31)17-5-7-23-25(11-17)36-15-35-23/h5-13H,4,14-15H2,1-3H3. The van der Waals surface area contributed by atoms with Crippen LogP contribution in [0.25, 0.3) is 28.2 Å². The van der Waals surface area contributed by atoms with E-state index < -0.39 is 0 Å². The van der Waals surface area contributed by atoms with Crippen molar-refractivity contribution in [3.63, 3.8) is 0 Å². The molecule has 0 N–H and O–H groups in total. The third-order valence-electron chi connectivity index (χ3n) is 6.20. The molecule has 188 valence electrons. The molecule has 0 aliphatic carbocycles.